The largest absolute Gasteiger partial charge is 0.481 e. The van der Waals surface area contributed by atoms with Crippen LogP contribution in [0.3, 0.4) is 0 Å². The predicted molar refractivity (Wildman–Crippen MR) is 143 cm³/mol. The summed E-state index contributed by atoms with van der Waals surface area (Å²) in [4.78, 5) is 47.0. The molecule has 2 N–H and O–H groups in total. The molecule has 0 saturated heterocycles. The Morgan fingerprint density at radius 1 is 1.14 bits per heavy atom. The zero-order valence-corrected chi connectivity index (χ0v) is 22.5. The average Bonchev–Trinajstić information content (AvgIpc) is 3.70. The zero-order valence-electron chi connectivity index (χ0n) is 22.5. The molecule has 3 amide bonds. The predicted octanol–water partition coefficient (Wildman–Crippen LogP) is 3.45. The van der Waals surface area contributed by atoms with Crippen molar-refractivity contribution in [2.45, 2.75) is 65.6 Å². The number of hydrogen-bond acceptors (Lipinski definition) is 6. The van der Waals surface area contributed by atoms with Crippen LogP contribution in [0.4, 0.5) is 11.4 Å². The molecule has 2 atom stereocenters. The summed E-state index contributed by atoms with van der Waals surface area (Å²) in [5, 5.41) is 6.29. The summed E-state index contributed by atoms with van der Waals surface area (Å²) in [6.07, 6.45) is 3.56. The van der Waals surface area contributed by atoms with Gasteiger partial charge >= 0.3 is 0 Å². The summed E-state index contributed by atoms with van der Waals surface area (Å²) in [6, 6.07) is 8.79. The molecule has 9 nitrogen and oxygen atoms in total. The highest BCUT2D eigenvalue weighted by Crippen LogP contribution is 2.41. The number of carbonyl (C=O) groups is 3. The molecular formula is C28H37N5O4. The quantitative estimate of drug-likeness (QED) is 0.567. The highest BCUT2D eigenvalue weighted by atomic mass is 16.5. The van der Waals surface area contributed by atoms with E-state index < -0.39 is 0 Å². The van der Waals surface area contributed by atoms with Gasteiger partial charge in [-0.05, 0) is 55.9 Å². The number of methoxy groups -OCH3 is 1. The van der Waals surface area contributed by atoms with Crippen LogP contribution < -0.4 is 25.2 Å². The molecule has 2 aromatic rings. The molecule has 0 bridgehead atoms. The molecule has 9 heteroatoms. The first kappa shape index (κ1) is 26.6. The van der Waals surface area contributed by atoms with Crippen molar-refractivity contribution in [1.82, 2.24) is 15.6 Å². The SMILES string of the molecule is COc1ccc(C(C)NC(=O)c2ccc3c(c2)N(C(=O)CN[C@@H](C)C(C)(C)C)CC(=O)N3C2CC2)cn1. The molecule has 1 aromatic carbocycles. The smallest absolute Gasteiger partial charge is 0.251 e. The van der Waals surface area contributed by atoms with Crippen molar-refractivity contribution in [2.24, 2.45) is 5.41 Å². The minimum atomic E-state index is -0.285. The van der Waals surface area contributed by atoms with E-state index in [1.165, 1.54) is 4.90 Å². The maximum atomic E-state index is 13.3. The van der Waals surface area contributed by atoms with Gasteiger partial charge in [0.15, 0.2) is 0 Å². The van der Waals surface area contributed by atoms with Crippen LogP contribution in [0.2, 0.25) is 0 Å². The Kier molecular flexibility index (Phi) is 7.54. The number of ether oxygens (including phenoxy) is 1. The van der Waals surface area contributed by atoms with E-state index >= 15 is 0 Å². The van der Waals surface area contributed by atoms with Gasteiger partial charge in [0.25, 0.3) is 5.91 Å². The number of amides is 3. The number of nitrogens with one attached hydrogen (secondary N) is 2. The molecule has 1 aliphatic carbocycles. The van der Waals surface area contributed by atoms with E-state index in [1.54, 1.807) is 42.5 Å². The Hall–Kier alpha value is -3.46. The summed E-state index contributed by atoms with van der Waals surface area (Å²) in [5.74, 6) is -0.0582. The van der Waals surface area contributed by atoms with Gasteiger partial charge in [-0.2, -0.15) is 0 Å². The molecule has 1 fully saturated rings. The molecular weight excluding hydrogens is 470 g/mol. The zero-order chi connectivity index (χ0) is 26.9. The van der Waals surface area contributed by atoms with Crippen LogP contribution >= 0.6 is 0 Å². The van der Waals surface area contributed by atoms with Gasteiger partial charge in [0.1, 0.15) is 6.54 Å². The molecule has 198 valence electrons. The van der Waals surface area contributed by atoms with Crippen molar-refractivity contribution >= 4 is 29.1 Å². The van der Waals surface area contributed by atoms with Crippen molar-refractivity contribution in [1.29, 1.82) is 0 Å². The van der Waals surface area contributed by atoms with E-state index in [1.807, 2.05) is 19.9 Å². The summed E-state index contributed by atoms with van der Waals surface area (Å²) < 4.78 is 5.10. The van der Waals surface area contributed by atoms with Crippen molar-refractivity contribution in [2.75, 3.05) is 30.0 Å². The van der Waals surface area contributed by atoms with Gasteiger partial charge in [-0.15, -0.1) is 0 Å². The van der Waals surface area contributed by atoms with E-state index in [4.69, 9.17) is 4.74 Å². The van der Waals surface area contributed by atoms with Crippen LogP contribution in [0, 0.1) is 5.41 Å². The summed E-state index contributed by atoms with van der Waals surface area (Å²) in [5.41, 5.74) is 2.52. The topological polar surface area (TPSA) is 104 Å². The lowest BCUT2D eigenvalue weighted by Crippen LogP contribution is -2.52. The van der Waals surface area contributed by atoms with Gasteiger partial charge in [-0.25, -0.2) is 4.98 Å². The monoisotopic (exact) mass is 507 g/mol. The molecule has 0 radical (unpaired) electrons. The lowest BCUT2D eigenvalue weighted by Gasteiger charge is -2.37. The first-order valence-electron chi connectivity index (χ1n) is 12.8. The number of hydrogen-bond donors (Lipinski definition) is 2. The second kappa shape index (κ2) is 10.5. The molecule has 37 heavy (non-hydrogen) atoms. The molecule has 1 aliphatic heterocycles. The number of fused-ring (bicyclic) bond motifs is 1. The number of aromatic nitrogens is 1. The standard InChI is InChI=1S/C28H37N5O4/c1-17(20-8-12-24(37-6)30-14-20)31-27(36)19-7-11-22-23(13-19)32(16-26(35)33(22)21-9-10-21)25(34)15-29-18(2)28(3,4)5/h7-8,11-14,17-18,21,29H,9-10,15-16H2,1-6H3,(H,31,36)/t17?,18-/m0/s1. The van der Waals surface area contributed by atoms with Crippen molar-refractivity contribution in [3.05, 3.63) is 47.7 Å². The van der Waals surface area contributed by atoms with Crippen LogP contribution in [-0.2, 0) is 9.59 Å². The number of rotatable bonds is 8. The summed E-state index contributed by atoms with van der Waals surface area (Å²) >= 11 is 0. The van der Waals surface area contributed by atoms with Crippen molar-refractivity contribution in [3.63, 3.8) is 0 Å². The number of carbonyl (C=O) groups excluding carboxylic acids is 3. The molecule has 1 aromatic heterocycles. The molecule has 2 heterocycles. The maximum Gasteiger partial charge on any atom is 0.251 e. The van der Waals surface area contributed by atoms with Crippen LogP contribution in [-0.4, -0.2) is 55.0 Å². The van der Waals surface area contributed by atoms with Gasteiger partial charge in [-0.3, -0.25) is 19.3 Å². The minimum absolute atomic E-state index is 0.0139. The van der Waals surface area contributed by atoms with E-state index in [0.717, 1.165) is 18.4 Å². The third-order valence-electron chi connectivity index (χ3n) is 7.24. The second-order valence-electron chi connectivity index (χ2n) is 11.0. The Bertz CT molecular complexity index is 1170. The lowest BCUT2D eigenvalue weighted by atomic mass is 9.88. The Morgan fingerprint density at radius 2 is 1.86 bits per heavy atom. The summed E-state index contributed by atoms with van der Waals surface area (Å²) in [7, 11) is 1.55. The van der Waals surface area contributed by atoms with Gasteiger partial charge in [0.05, 0.1) is 31.1 Å². The number of benzene rings is 1. The number of pyridine rings is 1. The minimum Gasteiger partial charge on any atom is -0.481 e. The Morgan fingerprint density at radius 3 is 2.46 bits per heavy atom. The van der Waals surface area contributed by atoms with Crippen molar-refractivity contribution in [3.8, 4) is 5.88 Å². The van der Waals surface area contributed by atoms with Crippen LogP contribution in [0.15, 0.2) is 36.5 Å². The van der Waals surface area contributed by atoms with Gasteiger partial charge < -0.3 is 20.3 Å². The number of anilines is 2. The van der Waals surface area contributed by atoms with Gasteiger partial charge in [0.2, 0.25) is 17.7 Å². The van der Waals surface area contributed by atoms with Crippen LogP contribution in [0.5, 0.6) is 5.88 Å². The highest BCUT2D eigenvalue weighted by Gasteiger charge is 2.41. The van der Waals surface area contributed by atoms with Crippen LogP contribution in [0.1, 0.15) is 69.4 Å². The molecule has 1 unspecified atom stereocenters. The Labute approximate surface area is 218 Å². The first-order chi connectivity index (χ1) is 17.5. The van der Waals surface area contributed by atoms with Crippen molar-refractivity contribution < 1.29 is 19.1 Å². The van der Waals surface area contributed by atoms with Gasteiger partial charge in [0, 0.05) is 29.9 Å². The molecule has 0 spiro atoms. The Balaban J connectivity index is 1.56. The fourth-order valence-corrected chi connectivity index (χ4v) is 4.25. The average molecular weight is 508 g/mol. The maximum absolute atomic E-state index is 13.3. The van der Waals surface area contributed by atoms with Crippen LogP contribution in [0.25, 0.3) is 0 Å². The highest BCUT2D eigenvalue weighted by molar-refractivity contribution is 6.13. The molecule has 4 rings (SSSR count). The third-order valence-corrected chi connectivity index (χ3v) is 7.24. The van der Waals surface area contributed by atoms with E-state index in [0.29, 0.717) is 22.8 Å². The van der Waals surface area contributed by atoms with Gasteiger partial charge in [-0.1, -0.05) is 26.8 Å². The fraction of sp³-hybridized carbons (Fsp3) is 0.500. The molecule has 1 saturated carbocycles. The normalized spacial score (nSPS) is 17.2. The summed E-state index contributed by atoms with van der Waals surface area (Å²) in [6.45, 7) is 10.3. The second-order valence-corrected chi connectivity index (χ2v) is 11.0. The molecule has 2 aliphatic rings. The number of nitrogens with zero attached hydrogens (tertiary/aromatic N) is 3. The first-order valence-corrected chi connectivity index (χ1v) is 12.8. The fourth-order valence-electron chi connectivity index (χ4n) is 4.25. The third kappa shape index (κ3) is 5.93. The lowest BCUT2D eigenvalue weighted by molar-refractivity contribution is -0.122. The van der Waals surface area contributed by atoms with E-state index in [2.05, 4.69) is 36.4 Å². The van der Waals surface area contributed by atoms with E-state index in [9.17, 15) is 14.4 Å². The van der Waals surface area contributed by atoms with E-state index in [-0.39, 0.29) is 54.4 Å².